The Morgan fingerprint density at radius 3 is 2.72 bits per heavy atom. The number of hydrogen-bond donors (Lipinski definition) is 2. The molecule has 18 heavy (non-hydrogen) atoms. The molecule has 0 bridgehead atoms. The Morgan fingerprint density at radius 1 is 1.44 bits per heavy atom. The lowest BCUT2D eigenvalue weighted by Gasteiger charge is -2.21. The summed E-state index contributed by atoms with van der Waals surface area (Å²) >= 11 is 0. The molecule has 1 rings (SSSR count). The van der Waals surface area contributed by atoms with Crippen LogP contribution in [0.2, 0.25) is 0 Å². The molecule has 100 valence electrons. The Bertz CT molecular complexity index is 403. The Balaban J connectivity index is 2.49. The summed E-state index contributed by atoms with van der Waals surface area (Å²) in [5.74, 6) is 0.734. The van der Waals surface area contributed by atoms with E-state index in [0.29, 0.717) is 13.0 Å². The maximum Gasteiger partial charge on any atom is 0.239 e. The highest BCUT2D eigenvalue weighted by atomic mass is 16.5. The van der Waals surface area contributed by atoms with Crippen LogP contribution in [0.3, 0.4) is 0 Å². The van der Waals surface area contributed by atoms with Crippen molar-refractivity contribution in [1.82, 2.24) is 5.32 Å². The number of nitrogens with two attached hydrogens (primary N) is 1. The van der Waals surface area contributed by atoms with Crippen LogP contribution >= 0.6 is 0 Å². The van der Waals surface area contributed by atoms with Crippen molar-refractivity contribution in [2.45, 2.75) is 32.2 Å². The maximum absolute atomic E-state index is 11.8. The zero-order valence-corrected chi connectivity index (χ0v) is 11.3. The highest BCUT2D eigenvalue weighted by Gasteiger charge is 2.25. The van der Waals surface area contributed by atoms with Crippen molar-refractivity contribution in [2.24, 2.45) is 5.73 Å². The molecule has 1 unspecified atom stereocenters. The summed E-state index contributed by atoms with van der Waals surface area (Å²) in [6.45, 7) is 4.21. The molecule has 1 atom stereocenters. The van der Waals surface area contributed by atoms with Crippen molar-refractivity contribution >= 4 is 5.91 Å². The molecular formula is C14H22N2O2. The first-order chi connectivity index (χ1) is 8.51. The Morgan fingerprint density at radius 2 is 2.11 bits per heavy atom. The topological polar surface area (TPSA) is 64.4 Å². The Labute approximate surface area is 109 Å². The molecule has 0 aliphatic heterocycles. The molecule has 1 amide bonds. The van der Waals surface area contributed by atoms with Crippen LogP contribution in [-0.2, 0) is 11.2 Å². The summed E-state index contributed by atoms with van der Waals surface area (Å²) in [7, 11) is 1.64. The summed E-state index contributed by atoms with van der Waals surface area (Å²) < 4.78 is 5.25. The van der Waals surface area contributed by atoms with E-state index in [2.05, 4.69) is 5.32 Å². The van der Waals surface area contributed by atoms with E-state index in [9.17, 15) is 4.79 Å². The van der Waals surface area contributed by atoms with E-state index in [0.717, 1.165) is 17.7 Å². The maximum atomic E-state index is 11.8. The number of benzene rings is 1. The fraction of sp³-hybridized carbons (Fsp3) is 0.500. The van der Waals surface area contributed by atoms with E-state index in [1.54, 1.807) is 14.0 Å². The van der Waals surface area contributed by atoms with Gasteiger partial charge in [-0.05, 0) is 31.4 Å². The molecule has 0 fully saturated rings. The van der Waals surface area contributed by atoms with Crippen LogP contribution < -0.4 is 15.8 Å². The number of carbonyl (C=O) groups excluding carboxylic acids is 1. The van der Waals surface area contributed by atoms with E-state index >= 15 is 0 Å². The Hall–Kier alpha value is -1.55. The van der Waals surface area contributed by atoms with Gasteiger partial charge < -0.3 is 15.8 Å². The number of rotatable bonds is 6. The molecule has 0 saturated carbocycles. The molecule has 0 aliphatic carbocycles. The number of carbonyl (C=O) groups is 1. The molecule has 1 aromatic carbocycles. The average molecular weight is 250 g/mol. The van der Waals surface area contributed by atoms with Crippen LogP contribution in [0, 0.1) is 0 Å². The molecule has 0 aliphatic rings. The predicted octanol–water partition coefficient (Wildman–Crippen LogP) is 1.48. The second-order valence-electron chi connectivity index (χ2n) is 4.59. The van der Waals surface area contributed by atoms with Gasteiger partial charge in [0.1, 0.15) is 5.75 Å². The van der Waals surface area contributed by atoms with Crippen LogP contribution in [-0.4, -0.2) is 25.1 Å². The van der Waals surface area contributed by atoms with Gasteiger partial charge in [-0.15, -0.1) is 0 Å². The number of methoxy groups -OCH3 is 1. The van der Waals surface area contributed by atoms with Crippen LogP contribution in [0.4, 0.5) is 0 Å². The summed E-state index contributed by atoms with van der Waals surface area (Å²) in [5, 5.41) is 2.85. The molecular weight excluding hydrogens is 228 g/mol. The Kier molecular flexibility index (Phi) is 5.16. The summed E-state index contributed by atoms with van der Waals surface area (Å²) in [6, 6.07) is 7.79. The number of nitrogens with one attached hydrogen (secondary N) is 1. The molecule has 0 spiro atoms. The summed E-state index contributed by atoms with van der Waals surface area (Å²) in [4.78, 5) is 11.8. The van der Waals surface area contributed by atoms with Crippen molar-refractivity contribution in [3.8, 4) is 5.75 Å². The molecule has 0 aromatic heterocycles. The fourth-order valence-electron chi connectivity index (χ4n) is 1.58. The van der Waals surface area contributed by atoms with Gasteiger partial charge in [0.15, 0.2) is 0 Å². The van der Waals surface area contributed by atoms with Crippen molar-refractivity contribution in [2.75, 3.05) is 13.7 Å². The molecule has 0 radical (unpaired) electrons. The highest BCUT2D eigenvalue weighted by molar-refractivity contribution is 5.85. The minimum atomic E-state index is -0.791. The first-order valence-corrected chi connectivity index (χ1v) is 6.20. The monoisotopic (exact) mass is 250 g/mol. The SMILES string of the molecule is CCC(C)(N)C(=O)NCCc1ccccc1OC. The number of ether oxygens (including phenoxy) is 1. The first kappa shape index (κ1) is 14.5. The zero-order valence-electron chi connectivity index (χ0n) is 11.3. The second-order valence-corrected chi connectivity index (χ2v) is 4.59. The normalized spacial score (nSPS) is 13.8. The number of para-hydroxylation sites is 1. The standard InChI is InChI=1S/C14H22N2O2/c1-4-14(2,15)13(17)16-10-9-11-7-5-6-8-12(11)18-3/h5-8H,4,9-10,15H2,1-3H3,(H,16,17). The van der Waals surface area contributed by atoms with Gasteiger partial charge in [-0.25, -0.2) is 0 Å². The van der Waals surface area contributed by atoms with Crippen LogP contribution in [0.25, 0.3) is 0 Å². The second kappa shape index (κ2) is 6.40. The third-order valence-corrected chi connectivity index (χ3v) is 3.13. The van der Waals surface area contributed by atoms with E-state index < -0.39 is 5.54 Å². The summed E-state index contributed by atoms with van der Waals surface area (Å²) in [6.07, 6.45) is 1.35. The van der Waals surface area contributed by atoms with E-state index in [-0.39, 0.29) is 5.91 Å². The minimum absolute atomic E-state index is 0.111. The van der Waals surface area contributed by atoms with Crippen LogP contribution in [0.15, 0.2) is 24.3 Å². The van der Waals surface area contributed by atoms with Crippen LogP contribution in [0.1, 0.15) is 25.8 Å². The van der Waals surface area contributed by atoms with Crippen molar-refractivity contribution in [1.29, 1.82) is 0 Å². The third kappa shape index (κ3) is 3.74. The van der Waals surface area contributed by atoms with Crippen molar-refractivity contribution in [3.63, 3.8) is 0 Å². The van der Waals surface area contributed by atoms with Gasteiger partial charge in [0.25, 0.3) is 0 Å². The average Bonchev–Trinajstić information content (AvgIpc) is 2.39. The quantitative estimate of drug-likeness (QED) is 0.804. The molecule has 4 nitrogen and oxygen atoms in total. The molecule has 0 saturated heterocycles. The largest absolute Gasteiger partial charge is 0.496 e. The summed E-state index contributed by atoms with van der Waals surface area (Å²) in [5.41, 5.74) is 6.15. The molecule has 0 heterocycles. The fourth-order valence-corrected chi connectivity index (χ4v) is 1.58. The minimum Gasteiger partial charge on any atom is -0.496 e. The third-order valence-electron chi connectivity index (χ3n) is 3.13. The van der Waals surface area contributed by atoms with Gasteiger partial charge in [-0.3, -0.25) is 4.79 Å². The highest BCUT2D eigenvalue weighted by Crippen LogP contribution is 2.17. The van der Waals surface area contributed by atoms with Gasteiger partial charge in [-0.1, -0.05) is 25.1 Å². The molecule has 4 heteroatoms. The lowest BCUT2D eigenvalue weighted by Crippen LogP contribution is -2.51. The van der Waals surface area contributed by atoms with Crippen molar-refractivity contribution in [3.05, 3.63) is 29.8 Å². The van der Waals surface area contributed by atoms with E-state index in [4.69, 9.17) is 10.5 Å². The van der Waals surface area contributed by atoms with Gasteiger partial charge in [-0.2, -0.15) is 0 Å². The van der Waals surface area contributed by atoms with Gasteiger partial charge >= 0.3 is 0 Å². The smallest absolute Gasteiger partial charge is 0.239 e. The molecule has 1 aromatic rings. The van der Waals surface area contributed by atoms with Gasteiger partial charge in [0.05, 0.1) is 12.6 Å². The molecule has 3 N–H and O–H groups in total. The van der Waals surface area contributed by atoms with Gasteiger partial charge in [0, 0.05) is 6.54 Å². The zero-order chi connectivity index (χ0) is 13.6. The lowest BCUT2D eigenvalue weighted by molar-refractivity contribution is -0.125. The number of amides is 1. The van der Waals surface area contributed by atoms with Gasteiger partial charge in [0.2, 0.25) is 5.91 Å². The number of hydrogen-bond acceptors (Lipinski definition) is 3. The van der Waals surface area contributed by atoms with Crippen LogP contribution in [0.5, 0.6) is 5.75 Å². The first-order valence-electron chi connectivity index (χ1n) is 6.20. The lowest BCUT2D eigenvalue weighted by atomic mass is 9.99. The van der Waals surface area contributed by atoms with Crippen molar-refractivity contribution < 1.29 is 9.53 Å². The predicted molar refractivity (Wildman–Crippen MR) is 72.6 cm³/mol. The van der Waals surface area contributed by atoms with E-state index in [1.807, 2.05) is 31.2 Å². The van der Waals surface area contributed by atoms with E-state index in [1.165, 1.54) is 0 Å².